The maximum absolute atomic E-state index is 12.0. The smallest absolute Gasteiger partial charge is 0.328 e. The van der Waals surface area contributed by atoms with Crippen LogP contribution in [0.4, 0.5) is 11.4 Å². The zero-order chi connectivity index (χ0) is 16.9. The fraction of sp³-hybridized carbons (Fsp3) is 0.333. The molecule has 0 aliphatic heterocycles. The minimum Gasteiger partial charge on any atom is -0.467 e. The van der Waals surface area contributed by atoms with Crippen molar-refractivity contribution in [2.75, 3.05) is 7.11 Å². The van der Waals surface area contributed by atoms with E-state index in [1.165, 1.54) is 0 Å². The van der Waals surface area contributed by atoms with E-state index in [9.17, 15) is 29.8 Å². The minimum absolute atomic E-state index is 0.232. The van der Waals surface area contributed by atoms with Gasteiger partial charge >= 0.3 is 5.97 Å². The molecule has 0 bridgehead atoms. The number of nitro benzene ring substituents is 2. The van der Waals surface area contributed by atoms with Crippen molar-refractivity contribution in [3.05, 3.63) is 44.0 Å². The second kappa shape index (κ2) is 7.11. The van der Waals surface area contributed by atoms with Gasteiger partial charge in [0.2, 0.25) is 0 Å². The maximum Gasteiger partial charge on any atom is 0.328 e. The number of methoxy groups -OCH3 is 1. The van der Waals surface area contributed by atoms with Gasteiger partial charge in [0, 0.05) is 12.1 Å². The zero-order valence-electron chi connectivity index (χ0n) is 11.8. The molecule has 118 valence electrons. The van der Waals surface area contributed by atoms with Crippen LogP contribution in [0.15, 0.2) is 18.2 Å². The summed E-state index contributed by atoms with van der Waals surface area (Å²) in [6.07, 6.45) is 0.232. The number of benzene rings is 1. The number of hydrogen-bond donors (Lipinski definition) is 1. The largest absolute Gasteiger partial charge is 0.467 e. The Labute approximate surface area is 124 Å². The Morgan fingerprint density at radius 3 is 2.05 bits per heavy atom. The summed E-state index contributed by atoms with van der Waals surface area (Å²) in [5.74, 6) is -1.53. The van der Waals surface area contributed by atoms with Crippen molar-refractivity contribution in [3.63, 3.8) is 0 Å². The topological polar surface area (TPSA) is 142 Å². The van der Waals surface area contributed by atoms with E-state index in [0.29, 0.717) is 0 Å². The molecule has 0 saturated heterocycles. The van der Waals surface area contributed by atoms with Gasteiger partial charge in [-0.05, 0) is 6.42 Å². The van der Waals surface area contributed by atoms with Crippen molar-refractivity contribution in [3.8, 4) is 0 Å². The van der Waals surface area contributed by atoms with Crippen LogP contribution in [0, 0.1) is 20.2 Å². The van der Waals surface area contributed by atoms with Gasteiger partial charge in [-0.25, -0.2) is 4.79 Å². The molecule has 0 spiro atoms. The van der Waals surface area contributed by atoms with Crippen molar-refractivity contribution >= 4 is 23.3 Å². The van der Waals surface area contributed by atoms with E-state index < -0.39 is 39.1 Å². The number of carbonyl (C=O) groups excluding carboxylic acids is 2. The zero-order valence-corrected chi connectivity index (χ0v) is 11.8. The molecule has 0 heterocycles. The Kier molecular flexibility index (Phi) is 5.50. The van der Waals surface area contributed by atoms with E-state index in [1.54, 1.807) is 6.92 Å². The highest BCUT2D eigenvalue weighted by Gasteiger charge is 2.24. The van der Waals surface area contributed by atoms with Gasteiger partial charge in [0.05, 0.1) is 28.6 Å². The van der Waals surface area contributed by atoms with Crippen molar-refractivity contribution in [1.29, 1.82) is 0 Å². The maximum atomic E-state index is 12.0. The van der Waals surface area contributed by atoms with Crippen LogP contribution < -0.4 is 5.32 Å². The molecule has 0 fully saturated rings. The van der Waals surface area contributed by atoms with Crippen molar-refractivity contribution in [1.82, 2.24) is 5.32 Å². The molecule has 0 aliphatic rings. The highest BCUT2D eigenvalue weighted by Crippen LogP contribution is 2.22. The second-order valence-corrected chi connectivity index (χ2v) is 4.21. The third-order valence-corrected chi connectivity index (χ3v) is 2.79. The summed E-state index contributed by atoms with van der Waals surface area (Å²) in [6, 6.07) is 1.59. The molecule has 1 rings (SSSR count). The third kappa shape index (κ3) is 3.98. The van der Waals surface area contributed by atoms with Crippen LogP contribution in [0.3, 0.4) is 0 Å². The molecule has 1 aromatic rings. The monoisotopic (exact) mass is 311 g/mol. The fourth-order valence-electron chi connectivity index (χ4n) is 1.65. The molecule has 10 nitrogen and oxygen atoms in total. The lowest BCUT2D eigenvalue weighted by Gasteiger charge is -2.14. The van der Waals surface area contributed by atoms with Crippen molar-refractivity contribution in [2.24, 2.45) is 0 Å². The number of ether oxygens (including phenoxy) is 1. The lowest BCUT2D eigenvalue weighted by molar-refractivity contribution is -0.394. The van der Waals surface area contributed by atoms with Crippen LogP contribution in [-0.4, -0.2) is 34.9 Å². The van der Waals surface area contributed by atoms with Crippen molar-refractivity contribution in [2.45, 2.75) is 19.4 Å². The molecular formula is C12H13N3O7. The first kappa shape index (κ1) is 17.0. The van der Waals surface area contributed by atoms with E-state index in [-0.39, 0.29) is 12.0 Å². The number of esters is 1. The Balaban J connectivity index is 3.14. The van der Waals surface area contributed by atoms with Crippen LogP contribution >= 0.6 is 0 Å². The Morgan fingerprint density at radius 1 is 1.18 bits per heavy atom. The van der Waals surface area contributed by atoms with E-state index in [4.69, 9.17) is 0 Å². The first-order chi connectivity index (χ1) is 10.3. The molecule has 0 aliphatic carbocycles. The van der Waals surface area contributed by atoms with Crippen LogP contribution in [0.1, 0.15) is 23.7 Å². The van der Waals surface area contributed by atoms with Gasteiger partial charge in [0.1, 0.15) is 6.04 Å². The summed E-state index contributed by atoms with van der Waals surface area (Å²) in [4.78, 5) is 43.3. The van der Waals surface area contributed by atoms with Gasteiger partial charge in [0.15, 0.2) is 0 Å². The molecule has 1 atom stereocenters. The van der Waals surface area contributed by atoms with Gasteiger partial charge in [-0.15, -0.1) is 0 Å². The number of carbonyl (C=O) groups is 2. The van der Waals surface area contributed by atoms with Crippen LogP contribution in [0.25, 0.3) is 0 Å². The SMILES string of the molecule is CCC(NC(=O)c1cc([N+](=O)[O-])cc([N+](=O)[O-])c1)C(=O)OC. The molecule has 0 aromatic heterocycles. The Bertz CT molecular complexity index is 597. The summed E-state index contributed by atoms with van der Waals surface area (Å²) < 4.78 is 4.49. The van der Waals surface area contributed by atoms with Gasteiger partial charge < -0.3 is 10.1 Å². The first-order valence-electron chi connectivity index (χ1n) is 6.12. The van der Waals surface area contributed by atoms with Gasteiger partial charge in [0.25, 0.3) is 17.3 Å². The first-order valence-corrected chi connectivity index (χ1v) is 6.12. The van der Waals surface area contributed by atoms with Gasteiger partial charge in [-0.3, -0.25) is 25.0 Å². The summed E-state index contributed by atoms with van der Waals surface area (Å²) in [5.41, 5.74) is -1.47. The molecule has 22 heavy (non-hydrogen) atoms. The number of nitrogens with zero attached hydrogens (tertiary/aromatic N) is 2. The molecule has 1 aromatic carbocycles. The summed E-state index contributed by atoms with van der Waals surface area (Å²) in [7, 11) is 1.15. The van der Waals surface area contributed by atoms with Gasteiger partial charge in [-0.2, -0.15) is 0 Å². The molecule has 1 N–H and O–H groups in total. The standard InChI is InChI=1S/C12H13N3O7/c1-3-10(12(17)22-2)13-11(16)7-4-8(14(18)19)6-9(5-7)15(20)21/h4-6,10H,3H2,1-2H3,(H,13,16). The number of nitro groups is 2. The number of rotatable bonds is 6. The number of amides is 1. The lowest BCUT2D eigenvalue weighted by Crippen LogP contribution is -2.41. The van der Waals surface area contributed by atoms with E-state index >= 15 is 0 Å². The van der Waals surface area contributed by atoms with Gasteiger partial charge in [-0.1, -0.05) is 6.92 Å². The summed E-state index contributed by atoms with van der Waals surface area (Å²) >= 11 is 0. The summed E-state index contributed by atoms with van der Waals surface area (Å²) in [6.45, 7) is 1.62. The predicted octanol–water partition coefficient (Wildman–Crippen LogP) is 1.18. The van der Waals surface area contributed by atoms with Crippen LogP contribution in [0.2, 0.25) is 0 Å². The average Bonchev–Trinajstić information content (AvgIpc) is 2.50. The lowest BCUT2D eigenvalue weighted by atomic mass is 10.1. The fourth-order valence-corrected chi connectivity index (χ4v) is 1.65. The Morgan fingerprint density at radius 2 is 1.68 bits per heavy atom. The second-order valence-electron chi connectivity index (χ2n) is 4.21. The highest BCUT2D eigenvalue weighted by molar-refractivity contribution is 5.97. The van der Waals surface area contributed by atoms with E-state index in [1.807, 2.05) is 0 Å². The minimum atomic E-state index is -0.948. The molecule has 1 amide bonds. The molecular weight excluding hydrogens is 298 g/mol. The molecule has 0 saturated carbocycles. The Hall–Kier alpha value is -3.04. The van der Waals surface area contributed by atoms with E-state index in [2.05, 4.69) is 10.1 Å². The highest BCUT2D eigenvalue weighted by atomic mass is 16.6. The number of nitrogens with one attached hydrogen (secondary N) is 1. The van der Waals surface area contributed by atoms with Crippen molar-refractivity contribution < 1.29 is 24.2 Å². The molecule has 1 unspecified atom stereocenters. The quantitative estimate of drug-likeness (QED) is 0.472. The number of non-ortho nitro benzene ring substituents is 2. The molecule has 10 heteroatoms. The van der Waals surface area contributed by atoms with Crippen LogP contribution in [-0.2, 0) is 9.53 Å². The predicted molar refractivity (Wildman–Crippen MR) is 73.3 cm³/mol. The van der Waals surface area contributed by atoms with Crippen LogP contribution in [0.5, 0.6) is 0 Å². The normalized spacial score (nSPS) is 11.4. The average molecular weight is 311 g/mol. The third-order valence-electron chi connectivity index (χ3n) is 2.79. The summed E-state index contributed by atoms with van der Waals surface area (Å²) in [5, 5.41) is 23.8. The molecule has 0 radical (unpaired) electrons. The number of hydrogen-bond acceptors (Lipinski definition) is 7. The van der Waals surface area contributed by atoms with E-state index in [0.717, 1.165) is 25.3 Å².